The smallest absolute Gasteiger partial charge is 0.242 e. The number of hydrogen-bond donors (Lipinski definition) is 1. The minimum Gasteiger partial charge on any atom is -0.347 e. The van der Waals surface area contributed by atoms with Crippen molar-refractivity contribution >= 4 is 17.5 Å². The molecule has 5 nitrogen and oxygen atoms in total. The van der Waals surface area contributed by atoms with Gasteiger partial charge in [0.25, 0.3) is 0 Å². The number of halogens is 1. The van der Waals surface area contributed by atoms with E-state index in [0.29, 0.717) is 5.82 Å². The Bertz CT molecular complexity index is 526. The average Bonchev–Trinajstić information content (AvgIpc) is 2.82. The third kappa shape index (κ3) is 3.07. The van der Waals surface area contributed by atoms with Crippen LogP contribution in [-0.2, 0) is 18.4 Å². The van der Waals surface area contributed by atoms with Crippen molar-refractivity contribution in [3.63, 3.8) is 0 Å². The molecule has 0 spiro atoms. The fraction of sp³-hybridized carbons (Fsp3) is 0.250. The lowest BCUT2D eigenvalue weighted by Crippen LogP contribution is -2.27. The van der Waals surface area contributed by atoms with Gasteiger partial charge in [-0.05, 0) is 5.56 Å². The zero-order valence-corrected chi connectivity index (χ0v) is 10.6. The molecule has 2 rings (SSSR count). The Labute approximate surface area is 110 Å². The van der Waals surface area contributed by atoms with Gasteiger partial charge in [0.05, 0.1) is 6.54 Å². The van der Waals surface area contributed by atoms with Crippen molar-refractivity contribution in [1.29, 1.82) is 0 Å². The molecule has 0 saturated heterocycles. The number of rotatable bonds is 4. The first-order valence-corrected chi connectivity index (χ1v) is 5.91. The molecule has 0 aliphatic heterocycles. The van der Waals surface area contributed by atoms with Gasteiger partial charge in [-0.2, -0.15) is 5.10 Å². The maximum absolute atomic E-state index is 11.8. The van der Waals surface area contributed by atoms with Gasteiger partial charge in [-0.3, -0.25) is 9.48 Å². The van der Waals surface area contributed by atoms with Crippen LogP contribution in [0.2, 0.25) is 0 Å². The van der Waals surface area contributed by atoms with Gasteiger partial charge in [0, 0.05) is 7.05 Å². The van der Waals surface area contributed by atoms with E-state index in [2.05, 4.69) is 15.4 Å². The molecule has 1 atom stereocenters. The van der Waals surface area contributed by atoms with E-state index in [1.165, 1.54) is 0 Å². The van der Waals surface area contributed by atoms with E-state index in [9.17, 15) is 4.79 Å². The molecule has 18 heavy (non-hydrogen) atoms. The van der Waals surface area contributed by atoms with Crippen LogP contribution in [0, 0.1) is 0 Å². The van der Waals surface area contributed by atoms with Crippen LogP contribution in [-0.4, -0.2) is 20.7 Å². The van der Waals surface area contributed by atoms with Crippen LogP contribution in [0.15, 0.2) is 36.7 Å². The van der Waals surface area contributed by atoms with Crippen LogP contribution in [0.3, 0.4) is 0 Å². The van der Waals surface area contributed by atoms with Crippen molar-refractivity contribution in [2.45, 2.75) is 11.9 Å². The lowest BCUT2D eigenvalue weighted by atomic mass is 10.1. The molecule has 1 aromatic carbocycles. The van der Waals surface area contributed by atoms with E-state index < -0.39 is 5.38 Å². The number of carbonyl (C=O) groups excluding carboxylic acids is 1. The highest BCUT2D eigenvalue weighted by molar-refractivity contribution is 6.30. The molecule has 1 aromatic heterocycles. The Morgan fingerprint density at radius 1 is 1.44 bits per heavy atom. The zero-order chi connectivity index (χ0) is 13.0. The third-order valence-electron chi connectivity index (χ3n) is 2.39. The molecular weight excluding hydrogens is 252 g/mol. The largest absolute Gasteiger partial charge is 0.347 e. The monoisotopic (exact) mass is 264 g/mol. The number of nitrogens with zero attached hydrogens (tertiary/aromatic N) is 3. The Morgan fingerprint density at radius 2 is 2.17 bits per heavy atom. The number of alkyl halides is 1. The molecule has 1 N–H and O–H groups in total. The summed E-state index contributed by atoms with van der Waals surface area (Å²) in [5.74, 6) is 0.304. The number of aryl methyl sites for hydroxylation is 1. The van der Waals surface area contributed by atoms with Crippen molar-refractivity contribution in [2.75, 3.05) is 0 Å². The normalized spacial score (nSPS) is 12.1. The summed E-state index contributed by atoms with van der Waals surface area (Å²) in [6.45, 7) is 0.274. The molecule has 1 unspecified atom stereocenters. The number of hydrogen-bond acceptors (Lipinski definition) is 3. The SMILES string of the molecule is Cn1cnc(CNC(=O)C(Cl)c2ccccc2)n1. The summed E-state index contributed by atoms with van der Waals surface area (Å²) in [5, 5.41) is 6.06. The lowest BCUT2D eigenvalue weighted by Gasteiger charge is -2.09. The van der Waals surface area contributed by atoms with Crippen molar-refractivity contribution in [2.24, 2.45) is 7.05 Å². The van der Waals surface area contributed by atoms with Crippen LogP contribution >= 0.6 is 11.6 Å². The predicted octanol–water partition coefficient (Wildman–Crippen LogP) is 1.41. The number of aromatic nitrogens is 3. The highest BCUT2D eigenvalue weighted by Crippen LogP contribution is 2.19. The van der Waals surface area contributed by atoms with Gasteiger partial charge < -0.3 is 5.32 Å². The minimum absolute atomic E-state index is 0.254. The van der Waals surface area contributed by atoms with E-state index in [1.54, 1.807) is 18.1 Å². The molecule has 0 radical (unpaired) electrons. The molecule has 1 heterocycles. The summed E-state index contributed by atoms with van der Waals surface area (Å²) in [7, 11) is 1.77. The fourth-order valence-electron chi connectivity index (χ4n) is 1.49. The predicted molar refractivity (Wildman–Crippen MR) is 67.9 cm³/mol. The van der Waals surface area contributed by atoms with E-state index in [1.807, 2.05) is 30.3 Å². The maximum Gasteiger partial charge on any atom is 0.242 e. The Hall–Kier alpha value is -1.88. The molecule has 0 fully saturated rings. The molecule has 0 saturated carbocycles. The Balaban J connectivity index is 1.92. The molecule has 94 valence electrons. The molecular formula is C12H13ClN4O. The Morgan fingerprint density at radius 3 is 2.78 bits per heavy atom. The van der Waals surface area contributed by atoms with Gasteiger partial charge in [0.15, 0.2) is 5.82 Å². The van der Waals surface area contributed by atoms with Crippen LogP contribution in [0.1, 0.15) is 16.8 Å². The van der Waals surface area contributed by atoms with Crippen molar-refractivity contribution in [3.8, 4) is 0 Å². The van der Waals surface area contributed by atoms with Crippen LogP contribution in [0.5, 0.6) is 0 Å². The molecule has 0 aliphatic carbocycles. The van der Waals surface area contributed by atoms with Crippen LogP contribution in [0.25, 0.3) is 0 Å². The second-order valence-corrected chi connectivity index (χ2v) is 4.26. The molecule has 0 bridgehead atoms. The van der Waals surface area contributed by atoms with Gasteiger partial charge in [0.2, 0.25) is 5.91 Å². The third-order valence-corrected chi connectivity index (χ3v) is 2.84. The second-order valence-electron chi connectivity index (χ2n) is 3.83. The summed E-state index contributed by atoms with van der Waals surface area (Å²) < 4.78 is 1.58. The summed E-state index contributed by atoms with van der Waals surface area (Å²) in [5.41, 5.74) is 0.769. The quantitative estimate of drug-likeness (QED) is 0.850. The summed E-state index contributed by atoms with van der Waals surface area (Å²) >= 11 is 6.07. The van der Waals surface area contributed by atoms with Gasteiger partial charge in [-0.1, -0.05) is 30.3 Å². The van der Waals surface area contributed by atoms with E-state index in [-0.39, 0.29) is 12.5 Å². The first kappa shape index (κ1) is 12.6. The molecule has 6 heteroatoms. The number of carbonyl (C=O) groups is 1. The van der Waals surface area contributed by atoms with Gasteiger partial charge >= 0.3 is 0 Å². The van der Waals surface area contributed by atoms with E-state index in [4.69, 9.17) is 11.6 Å². The average molecular weight is 265 g/mol. The standard InChI is InChI=1S/C12H13ClN4O/c1-17-8-15-10(16-17)7-14-12(18)11(13)9-5-3-2-4-6-9/h2-6,8,11H,7H2,1H3,(H,14,18). The van der Waals surface area contributed by atoms with Gasteiger partial charge in [-0.15, -0.1) is 11.6 Å². The van der Waals surface area contributed by atoms with E-state index >= 15 is 0 Å². The van der Waals surface area contributed by atoms with Crippen LogP contribution < -0.4 is 5.32 Å². The molecule has 0 aliphatic rings. The summed E-state index contributed by atoms with van der Waals surface area (Å²) in [6.07, 6.45) is 1.58. The maximum atomic E-state index is 11.8. The van der Waals surface area contributed by atoms with E-state index in [0.717, 1.165) is 5.56 Å². The minimum atomic E-state index is -0.699. The second kappa shape index (κ2) is 5.64. The highest BCUT2D eigenvalue weighted by Gasteiger charge is 2.17. The molecule has 2 aromatic rings. The van der Waals surface area contributed by atoms with Gasteiger partial charge in [-0.25, -0.2) is 4.98 Å². The topological polar surface area (TPSA) is 59.8 Å². The van der Waals surface area contributed by atoms with Crippen molar-refractivity contribution in [3.05, 3.63) is 48.0 Å². The Kier molecular flexibility index (Phi) is 3.94. The van der Waals surface area contributed by atoms with Crippen LogP contribution in [0.4, 0.5) is 0 Å². The zero-order valence-electron chi connectivity index (χ0n) is 9.88. The number of benzene rings is 1. The van der Waals surface area contributed by atoms with Crippen molar-refractivity contribution < 1.29 is 4.79 Å². The molecule has 1 amide bonds. The fourth-order valence-corrected chi connectivity index (χ4v) is 1.72. The summed E-state index contributed by atoms with van der Waals surface area (Å²) in [4.78, 5) is 15.8. The number of amides is 1. The van der Waals surface area contributed by atoms with Gasteiger partial charge in [0.1, 0.15) is 11.7 Å². The first-order chi connectivity index (χ1) is 8.66. The summed E-state index contributed by atoms with van der Waals surface area (Å²) in [6, 6.07) is 9.20. The first-order valence-electron chi connectivity index (χ1n) is 5.48. The lowest BCUT2D eigenvalue weighted by molar-refractivity contribution is -0.121. The van der Waals surface area contributed by atoms with Crippen molar-refractivity contribution in [1.82, 2.24) is 20.1 Å². The highest BCUT2D eigenvalue weighted by atomic mass is 35.5. The number of nitrogens with one attached hydrogen (secondary N) is 1.